The fourth-order valence-electron chi connectivity index (χ4n) is 5.98. The summed E-state index contributed by atoms with van der Waals surface area (Å²) in [4.78, 5) is 15.6. The molecule has 206 valence electrons. The summed E-state index contributed by atoms with van der Waals surface area (Å²) >= 11 is 1.51. The average molecular weight is 549 g/mol. The normalized spacial score (nSPS) is 24.4. The van der Waals surface area contributed by atoms with Crippen LogP contribution >= 0.6 is 11.3 Å². The number of hydrogen-bond acceptors (Lipinski definition) is 11. The molecule has 1 aliphatic carbocycles. The number of likely N-dealkylation sites (N-methyl/N-ethyl adjacent to an activating group) is 1. The van der Waals surface area contributed by atoms with Crippen molar-refractivity contribution < 1.29 is 9.26 Å². The van der Waals surface area contributed by atoms with Crippen LogP contribution in [0.3, 0.4) is 0 Å². The van der Waals surface area contributed by atoms with Gasteiger partial charge in [0.1, 0.15) is 34.4 Å². The number of fused-ring (bicyclic) bond motifs is 1. The fraction of sp³-hybridized carbons (Fsp3) is 0.571. The van der Waals surface area contributed by atoms with Crippen LogP contribution in [0.25, 0.3) is 11.5 Å². The maximum Gasteiger partial charge on any atom is 0.237 e. The molecule has 5 heterocycles. The summed E-state index contributed by atoms with van der Waals surface area (Å²) in [7, 11) is 2.14. The molecule has 11 heteroatoms. The van der Waals surface area contributed by atoms with Crippen molar-refractivity contribution in [2.24, 2.45) is 0 Å². The smallest absolute Gasteiger partial charge is 0.237 e. The molecule has 0 aromatic carbocycles. The van der Waals surface area contributed by atoms with Gasteiger partial charge in [-0.05, 0) is 58.7 Å². The molecule has 0 spiro atoms. The zero-order chi connectivity index (χ0) is 27.1. The molecule has 3 N–H and O–H groups in total. The van der Waals surface area contributed by atoms with E-state index in [-0.39, 0.29) is 6.10 Å². The molecule has 0 amide bonds. The number of nitrogens with two attached hydrogens (primary N) is 1. The van der Waals surface area contributed by atoms with Crippen molar-refractivity contribution in [2.75, 3.05) is 56.9 Å². The van der Waals surface area contributed by atoms with E-state index in [0.717, 1.165) is 87.0 Å². The van der Waals surface area contributed by atoms with Crippen LogP contribution in [0.2, 0.25) is 0 Å². The molecule has 0 bridgehead atoms. The highest BCUT2D eigenvalue weighted by atomic mass is 32.1. The van der Waals surface area contributed by atoms with Crippen molar-refractivity contribution in [2.45, 2.75) is 57.0 Å². The van der Waals surface area contributed by atoms with E-state index in [1.54, 1.807) is 0 Å². The van der Waals surface area contributed by atoms with E-state index >= 15 is 0 Å². The van der Waals surface area contributed by atoms with Gasteiger partial charge in [-0.2, -0.15) is 10.2 Å². The van der Waals surface area contributed by atoms with Crippen molar-refractivity contribution in [3.63, 3.8) is 0 Å². The number of nitrogens with zero attached hydrogens (tertiary/aromatic N) is 6. The number of nitrogens with one attached hydrogen (secondary N) is 1. The number of nitriles is 1. The highest BCUT2D eigenvalue weighted by molar-refractivity contribution is 7.16. The minimum absolute atomic E-state index is 0.165. The van der Waals surface area contributed by atoms with Gasteiger partial charge in [0.25, 0.3) is 0 Å². The maximum atomic E-state index is 9.92. The van der Waals surface area contributed by atoms with E-state index in [0.29, 0.717) is 33.9 Å². The summed E-state index contributed by atoms with van der Waals surface area (Å²) in [6.45, 7) is 9.94. The number of rotatable bonds is 5. The fourth-order valence-corrected chi connectivity index (χ4v) is 7.21. The van der Waals surface area contributed by atoms with Crippen molar-refractivity contribution >= 4 is 22.2 Å². The molecule has 3 aromatic rings. The molecule has 2 fully saturated rings. The summed E-state index contributed by atoms with van der Waals surface area (Å²) < 4.78 is 12.4. The monoisotopic (exact) mass is 548 g/mol. The van der Waals surface area contributed by atoms with E-state index in [1.807, 2.05) is 12.1 Å². The lowest BCUT2D eigenvalue weighted by Gasteiger charge is -2.34. The van der Waals surface area contributed by atoms with Gasteiger partial charge >= 0.3 is 0 Å². The van der Waals surface area contributed by atoms with E-state index in [1.165, 1.54) is 11.3 Å². The molecular formula is C28H36N8O2S. The highest BCUT2D eigenvalue weighted by Gasteiger charge is 2.45. The first-order valence-corrected chi connectivity index (χ1v) is 14.7. The second-order valence-corrected chi connectivity index (χ2v) is 12.4. The first-order valence-electron chi connectivity index (χ1n) is 13.9. The second kappa shape index (κ2) is 10.4. The quantitative estimate of drug-likeness (QED) is 0.486. The van der Waals surface area contributed by atoms with Gasteiger partial charge in [0, 0.05) is 48.8 Å². The van der Waals surface area contributed by atoms with Crippen LogP contribution in [0.15, 0.2) is 16.7 Å². The lowest BCUT2D eigenvalue weighted by molar-refractivity contribution is 0.162. The molecule has 10 nitrogen and oxygen atoms in total. The lowest BCUT2D eigenvalue weighted by Crippen LogP contribution is -2.44. The average Bonchev–Trinajstić information content (AvgIpc) is 3.58. The first-order chi connectivity index (χ1) is 18.9. The third-order valence-electron chi connectivity index (χ3n) is 8.48. The van der Waals surface area contributed by atoms with Crippen LogP contribution in [0, 0.1) is 11.3 Å². The number of nitrogen functional groups attached to an aromatic ring is 1. The summed E-state index contributed by atoms with van der Waals surface area (Å²) in [6.07, 6.45) is 3.86. The van der Waals surface area contributed by atoms with Gasteiger partial charge in [0.15, 0.2) is 0 Å². The molecule has 0 radical (unpaired) electrons. The molecule has 2 saturated heterocycles. The Kier molecular flexibility index (Phi) is 6.95. The molecule has 2 aliphatic heterocycles. The minimum atomic E-state index is -0.588. The Bertz CT molecular complexity index is 1380. The lowest BCUT2D eigenvalue weighted by atomic mass is 9.69. The van der Waals surface area contributed by atoms with Crippen LogP contribution in [-0.2, 0) is 5.41 Å². The molecule has 3 aromatic heterocycles. The van der Waals surface area contributed by atoms with E-state index in [4.69, 9.17) is 25.0 Å². The predicted molar refractivity (Wildman–Crippen MR) is 151 cm³/mol. The van der Waals surface area contributed by atoms with E-state index in [9.17, 15) is 5.26 Å². The molecule has 2 atom stereocenters. The zero-order valence-corrected chi connectivity index (χ0v) is 23.7. The Labute approximate surface area is 233 Å². The number of thiophene rings is 1. The van der Waals surface area contributed by atoms with E-state index < -0.39 is 5.41 Å². The van der Waals surface area contributed by atoms with Crippen LogP contribution in [0.5, 0.6) is 5.75 Å². The number of anilines is 2. The number of pyridine rings is 1. The predicted octanol–water partition coefficient (Wildman–Crippen LogP) is 3.73. The molecule has 6 rings (SSSR count). The SMILES string of the molecule is CC1CCC(C)(c2nc(-c3cc(OC4CCNCC4)cc(N4CCN(C)CC4)n3)no2)c2c1sc(N)c2C#N. The second-order valence-electron chi connectivity index (χ2n) is 11.3. The van der Waals surface area contributed by atoms with Gasteiger partial charge in [-0.1, -0.05) is 12.1 Å². The van der Waals surface area contributed by atoms with Gasteiger partial charge in [-0.25, -0.2) is 4.98 Å². The Morgan fingerprint density at radius 2 is 1.95 bits per heavy atom. The topological polar surface area (TPSA) is 129 Å². The number of ether oxygens (including phenoxy) is 1. The van der Waals surface area contributed by atoms with Crippen LogP contribution < -0.4 is 20.7 Å². The number of aromatic nitrogens is 3. The highest BCUT2D eigenvalue weighted by Crippen LogP contribution is 2.52. The summed E-state index contributed by atoms with van der Waals surface area (Å²) in [5.74, 6) is 2.91. The van der Waals surface area contributed by atoms with Crippen LogP contribution in [0.4, 0.5) is 10.8 Å². The first kappa shape index (κ1) is 26.0. The largest absolute Gasteiger partial charge is 0.490 e. The van der Waals surface area contributed by atoms with Gasteiger partial charge < -0.3 is 30.1 Å². The number of piperazine rings is 1. The molecule has 2 unspecified atom stereocenters. The number of piperidine rings is 1. The van der Waals surface area contributed by atoms with Gasteiger partial charge in [-0.3, -0.25) is 0 Å². The van der Waals surface area contributed by atoms with Crippen molar-refractivity contribution in [1.82, 2.24) is 25.3 Å². The molecule has 0 saturated carbocycles. The zero-order valence-electron chi connectivity index (χ0n) is 22.9. The van der Waals surface area contributed by atoms with Crippen molar-refractivity contribution in [3.8, 4) is 23.3 Å². The third kappa shape index (κ3) is 4.86. The van der Waals surface area contributed by atoms with Gasteiger partial charge in [0.05, 0.1) is 11.0 Å². The van der Waals surface area contributed by atoms with Gasteiger partial charge in [-0.15, -0.1) is 11.3 Å². The minimum Gasteiger partial charge on any atom is -0.490 e. The summed E-state index contributed by atoms with van der Waals surface area (Å²) in [5.41, 5.74) is 7.79. The summed E-state index contributed by atoms with van der Waals surface area (Å²) in [6, 6.07) is 6.30. The summed E-state index contributed by atoms with van der Waals surface area (Å²) in [5, 5.41) is 18.3. The Morgan fingerprint density at radius 3 is 2.69 bits per heavy atom. The van der Waals surface area contributed by atoms with Crippen LogP contribution in [0.1, 0.15) is 67.3 Å². The van der Waals surface area contributed by atoms with Gasteiger partial charge in [0.2, 0.25) is 11.7 Å². The number of hydrogen-bond donors (Lipinski definition) is 2. The molecular weight excluding hydrogens is 512 g/mol. The Balaban J connectivity index is 1.37. The Hall–Kier alpha value is -3.20. The standard InChI is InChI=1S/C28H36N8O2S/c1-17-4-7-28(2,23-20(16-29)25(30)39-24(17)23)27-33-26(34-38-27)21-14-19(37-18-5-8-31-9-6-18)15-22(32-21)36-12-10-35(3)11-13-36/h14-15,17-18,31H,4-13,30H2,1-3H3. The van der Waals surface area contributed by atoms with Crippen LogP contribution in [-0.4, -0.2) is 72.4 Å². The Morgan fingerprint density at radius 1 is 1.18 bits per heavy atom. The maximum absolute atomic E-state index is 9.92. The van der Waals surface area contributed by atoms with E-state index in [2.05, 4.69) is 47.2 Å². The van der Waals surface area contributed by atoms with Crippen molar-refractivity contribution in [3.05, 3.63) is 34.0 Å². The molecule has 39 heavy (non-hydrogen) atoms. The third-order valence-corrected chi connectivity index (χ3v) is 9.73. The van der Waals surface area contributed by atoms with Crippen molar-refractivity contribution in [1.29, 1.82) is 5.26 Å². The molecule has 3 aliphatic rings.